The summed E-state index contributed by atoms with van der Waals surface area (Å²) in [6.07, 6.45) is -35.1. The summed E-state index contributed by atoms with van der Waals surface area (Å²) in [7, 11) is 0. The predicted octanol–water partition coefficient (Wildman–Crippen LogP) is -4.79. The maximum atomic E-state index is 13.6. The standard InChI is InChI=1S/C80H141N3O39/c1-5-7-9-11-13-15-17-19-21-23-25-27-29-31-45(91)44(83-54(96)32-30-28-26-24-22-20-18-16-14-12-10-8-6-2)40-111-74-64(104)62(102)68(51(38-87)114-74)118-75-65(105)63(103)67(52(39-88)115-75)117-73-56(82-43(4)90)69(61(101)53(116-73)41-112-79(77(107)108)33-46(92)55(81-42(3)89)70(120-79)58(98)48(94)35-84)119-76-66(106)72(60(100)50(37-86)113-76)122-80(78(109)110)34-47(93)57(97)71(121-80)59(99)49(95)36-85/h29,31,44-53,55-76,84-88,91-95,97-106H,5-28,30,32-41H2,1-4H3,(H,81,89)(H,82,90)(H,83,96)(H,107,108)(H,109,110)/b31-29+/t44-,45+,46?,47?,48+,49+,50?,51?,52?,53?,55+,56?,57+,58+,59+,60-,61-,62+,63+,64?,65?,66?,67-,68+,69+,70?,71?,72-,73-,74+,75-,76-,79+,80-/m0/s1. The fourth-order valence-corrected chi connectivity index (χ4v) is 16.0. The van der Waals surface area contributed by atoms with Crippen molar-refractivity contribution in [3.8, 4) is 0 Å². The van der Waals surface area contributed by atoms with Gasteiger partial charge in [0, 0.05) is 33.1 Å². The fraction of sp³-hybridized carbons (Fsp3) is 0.912. The van der Waals surface area contributed by atoms with E-state index in [2.05, 4.69) is 29.8 Å². The maximum Gasteiger partial charge on any atom is 0.364 e. The lowest BCUT2D eigenvalue weighted by molar-refractivity contribution is -0.393. The summed E-state index contributed by atoms with van der Waals surface area (Å²) in [6, 6.07) is -5.01. The Labute approximate surface area is 709 Å². The summed E-state index contributed by atoms with van der Waals surface area (Å²) in [6.45, 7) is -1.55. The number of ether oxygens (including phenoxy) is 12. The first-order valence-corrected chi connectivity index (χ1v) is 43.2. The number of hydrogen-bond donors (Lipinski definition) is 25. The molecule has 6 fully saturated rings. The first kappa shape index (κ1) is 107. The van der Waals surface area contributed by atoms with Crippen molar-refractivity contribution < 1.29 is 193 Å². The van der Waals surface area contributed by atoms with Crippen LogP contribution in [0.1, 0.15) is 207 Å². The van der Waals surface area contributed by atoms with Gasteiger partial charge in [-0.25, -0.2) is 9.59 Å². The van der Waals surface area contributed by atoms with Crippen LogP contribution in [0.2, 0.25) is 0 Å². The molecule has 0 spiro atoms. The molecule has 6 heterocycles. The summed E-state index contributed by atoms with van der Waals surface area (Å²) in [5.74, 6) is -13.2. The SMILES string of the molecule is CCCCCCCCCCCCC/C=C/[C@@H](O)[C@H](CO[C@@H]1OC(CO)[C@@H](O[C@@H]2OC(CO)[C@H](O[C@@H]3OC(CO[C@]4(C(=O)O)CC(O)[C@@H](NC(C)=O)C([C@H](O)[C@H](O)CO)O4)[C@H](O)[C@H](O[C@@H]4OC(CO)[C@H](O)[C@H](O[C@]5(C(=O)O)CC(O)[C@@H](O)C([C@H](O)[C@H](O)CO)O5)C4O)C3NC(C)=O)[C@H](O)C2O)[C@H](O)C1O)NC(=O)CCCCCCCCCCCCCCC. The van der Waals surface area contributed by atoms with Crippen LogP contribution in [0.5, 0.6) is 0 Å². The van der Waals surface area contributed by atoms with E-state index in [1.54, 1.807) is 6.08 Å². The highest BCUT2D eigenvalue weighted by atomic mass is 16.8. The highest BCUT2D eigenvalue weighted by molar-refractivity contribution is 5.77. The molecule has 6 saturated heterocycles. The van der Waals surface area contributed by atoms with E-state index in [0.29, 0.717) is 12.8 Å². The third-order valence-corrected chi connectivity index (χ3v) is 23.2. The molecule has 6 aliphatic rings. The summed E-state index contributed by atoms with van der Waals surface area (Å²) in [4.78, 5) is 66.0. The second kappa shape index (κ2) is 53.7. The van der Waals surface area contributed by atoms with Crippen molar-refractivity contribution in [3.05, 3.63) is 12.2 Å². The smallest absolute Gasteiger partial charge is 0.364 e. The van der Waals surface area contributed by atoms with Gasteiger partial charge in [-0.15, -0.1) is 0 Å². The van der Waals surface area contributed by atoms with Crippen LogP contribution in [0.4, 0.5) is 0 Å². The number of carboxylic acid groups (broad SMARTS) is 2. The second-order valence-electron chi connectivity index (χ2n) is 32.8. The number of carboxylic acids is 2. The highest BCUT2D eigenvalue weighted by Crippen LogP contribution is 2.42. The molecule has 0 radical (unpaired) electrons. The van der Waals surface area contributed by atoms with Gasteiger partial charge in [0.15, 0.2) is 25.2 Å². The average molecular weight is 1770 g/mol. The minimum absolute atomic E-state index is 0.130. The maximum absolute atomic E-state index is 13.6. The quantitative estimate of drug-likeness (QED) is 0.0201. The molecule has 0 aromatic carbocycles. The lowest BCUT2D eigenvalue weighted by atomic mass is 9.88. The van der Waals surface area contributed by atoms with E-state index in [1.807, 2.05) is 0 Å². The number of hydrogen-bond acceptors (Lipinski definition) is 37. The van der Waals surface area contributed by atoms with Gasteiger partial charge >= 0.3 is 11.9 Å². The van der Waals surface area contributed by atoms with Crippen LogP contribution < -0.4 is 16.0 Å². The molecule has 6 aliphatic heterocycles. The monoisotopic (exact) mass is 1770 g/mol. The van der Waals surface area contributed by atoms with Gasteiger partial charge in [-0.2, -0.15) is 0 Å². The topological polar surface area (TPSA) is 677 Å². The minimum atomic E-state index is -3.36. The van der Waals surface area contributed by atoms with Crippen LogP contribution in [0.25, 0.3) is 0 Å². The molecule has 34 atom stereocenters. The molecule has 710 valence electrons. The van der Waals surface area contributed by atoms with Gasteiger partial charge in [0.25, 0.3) is 11.6 Å². The van der Waals surface area contributed by atoms with Gasteiger partial charge in [-0.3, -0.25) is 14.4 Å². The van der Waals surface area contributed by atoms with Crippen LogP contribution in [0.3, 0.4) is 0 Å². The first-order valence-electron chi connectivity index (χ1n) is 43.2. The second-order valence-corrected chi connectivity index (χ2v) is 32.8. The third kappa shape index (κ3) is 30.5. The predicted molar refractivity (Wildman–Crippen MR) is 419 cm³/mol. The number of amides is 3. The molecule has 0 aromatic rings. The van der Waals surface area contributed by atoms with Gasteiger partial charge in [0.2, 0.25) is 17.7 Å². The normalized spacial score (nSPS) is 36.1. The zero-order valence-corrected chi connectivity index (χ0v) is 70.2. The molecule has 12 unspecified atom stereocenters. The summed E-state index contributed by atoms with van der Waals surface area (Å²) < 4.78 is 71.0. The Hall–Kier alpha value is -4.19. The Balaban J connectivity index is 1.24. The molecule has 25 N–H and O–H groups in total. The molecule has 3 amide bonds. The highest BCUT2D eigenvalue weighted by Gasteiger charge is 2.63. The van der Waals surface area contributed by atoms with Gasteiger partial charge < -0.3 is 185 Å². The van der Waals surface area contributed by atoms with Crippen molar-refractivity contribution in [2.45, 2.75) is 415 Å². The molecule has 0 aromatic heterocycles. The van der Waals surface area contributed by atoms with Crippen LogP contribution >= 0.6 is 0 Å². The molecule has 6 rings (SSSR count). The average Bonchev–Trinajstić information content (AvgIpc) is 0.760. The minimum Gasteiger partial charge on any atom is -0.477 e. The number of carbonyl (C=O) groups is 5. The van der Waals surface area contributed by atoms with Crippen molar-refractivity contribution in [2.24, 2.45) is 0 Å². The number of carbonyl (C=O) groups excluding carboxylic acids is 3. The molecule has 0 saturated carbocycles. The number of allylic oxidation sites excluding steroid dienone is 1. The van der Waals surface area contributed by atoms with Crippen LogP contribution in [-0.2, 0) is 80.8 Å². The number of rotatable bonds is 56. The summed E-state index contributed by atoms with van der Waals surface area (Å²) in [5.41, 5.74) is 0. The van der Waals surface area contributed by atoms with Crippen molar-refractivity contribution in [1.29, 1.82) is 0 Å². The van der Waals surface area contributed by atoms with E-state index in [9.17, 15) is 136 Å². The van der Waals surface area contributed by atoms with Crippen molar-refractivity contribution in [1.82, 2.24) is 16.0 Å². The van der Waals surface area contributed by atoms with Crippen molar-refractivity contribution in [3.63, 3.8) is 0 Å². The zero-order chi connectivity index (χ0) is 90.1. The van der Waals surface area contributed by atoms with E-state index in [0.717, 1.165) is 71.6 Å². The van der Waals surface area contributed by atoms with E-state index in [1.165, 1.54) is 96.0 Å². The summed E-state index contributed by atoms with van der Waals surface area (Å²) in [5, 5.41) is 252. The van der Waals surface area contributed by atoms with E-state index >= 15 is 0 Å². The molecular formula is C80H141N3O39. The Bertz CT molecular complexity index is 3030. The Morgan fingerprint density at radius 3 is 1.36 bits per heavy atom. The lowest BCUT2D eigenvalue weighted by Crippen LogP contribution is -2.71. The largest absolute Gasteiger partial charge is 0.477 e. The molecule has 0 bridgehead atoms. The van der Waals surface area contributed by atoms with Gasteiger partial charge in [-0.05, 0) is 19.3 Å². The van der Waals surface area contributed by atoms with E-state index in [4.69, 9.17) is 56.8 Å². The van der Waals surface area contributed by atoms with E-state index in [-0.39, 0.29) is 12.3 Å². The number of unbranched alkanes of at least 4 members (excludes halogenated alkanes) is 23. The lowest BCUT2D eigenvalue weighted by Gasteiger charge is -2.51. The van der Waals surface area contributed by atoms with E-state index < -0.39 is 290 Å². The third-order valence-electron chi connectivity index (χ3n) is 23.2. The van der Waals surface area contributed by atoms with Crippen molar-refractivity contribution in [2.75, 3.05) is 46.2 Å². The van der Waals surface area contributed by atoms with Crippen molar-refractivity contribution >= 4 is 29.7 Å². The van der Waals surface area contributed by atoms with Gasteiger partial charge in [-0.1, -0.05) is 167 Å². The molecule has 42 heteroatoms. The molecule has 122 heavy (non-hydrogen) atoms. The zero-order valence-electron chi connectivity index (χ0n) is 70.2. The molecule has 42 nitrogen and oxygen atoms in total. The van der Waals surface area contributed by atoms with Crippen LogP contribution in [0, 0.1) is 0 Å². The Morgan fingerprint density at radius 2 is 0.861 bits per heavy atom. The fourth-order valence-electron chi connectivity index (χ4n) is 16.0. The van der Waals surface area contributed by atoms with Crippen LogP contribution in [0.15, 0.2) is 12.2 Å². The number of aliphatic hydroxyl groups excluding tert-OH is 20. The number of aliphatic carboxylic acids is 2. The first-order chi connectivity index (χ1) is 58.1. The Morgan fingerprint density at radius 1 is 0.443 bits per heavy atom. The van der Waals surface area contributed by atoms with Gasteiger partial charge in [0.1, 0.15) is 140 Å². The Kier molecular flexibility index (Phi) is 46.9. The molecular weight excluding hydrogens is 1630 g/mol. The van der Waals surface area contributed by atoms with Gasteiger partial charge in [0.05, 0.1) is 76.6 Å². The number of aliphatic hydroxyl groups is 20. The number of nitrogens with one attached hydrogen (secondary N) is 3. The van der Waals surface area contributed by atoms with Crippen LogP contribution in [-0.4, -0.2) is 396 Å². The summed E-state index contributed by atoms with van der Waals surface area (Å²) >= 11 is 0. The molecule has 0 aliphatic carbocycles.